The number of hydrogen-bond donors (Lipinski definition) is 0. The van der Waals surface area contributed by atoms with E-state index >= 15 is 0 Å². The second kappa shape index (κ2) is 2.23. The molecule has 0 saturated carbocycles. The zero-order valence-electron chi connectivity index (χ0n) is 4.49. The van der Waals surface area contributed by atoms with Gasteiger partial charge in [0.1, 0.15) is 5.82 Å². The van der Waals surface area contributed by atoms with Crippen LogP contribution in [0.15, 0.2) is 18.2 Å². The Morgan fingerprint density at radius 1 is 1.44 bits per heavy atom. The Morgan fingerprint density at radius 3 is 2.56 bits per heavy atom. The summed E-state index contributed by atoms with van der Waals surface area (Å²) in [4.78, 5) is 0. The second-order valence-corrected chi connectivity index (χ2v) is 2.03. The highest BCUT2D eigenvalue weighted by Crippen LogP contribution is 2.19. The standard InChI is InChI=1S/C6H4ClFN/c7-5-3-4(8)1-2-6(5)9/h1-3,9H. The monoisotopic (exact) mass is 144 g/mol. The Balaban J connectivity index is 3.17. The van der Waals surface area contributed by atoms with Crippen LogP contribution >= 0.6 is 11.6 Å². The molecule has 47 valence electrons. The molecule has 0 aliphatic carbocycles. The summed E-state index contributed by atoms with van der Waals surface area (Å²) in [5.41, 5.74) is 7.17. The Labute approximate surface area is 57.2 Å². The van der Waals surface area contributed by atoms with Crippen molar-refractivity contribution in [1.29, 1.82) is 0 Å². The summed E-state index contributed by atoms with van der Waals surface area (Å²) in [6.45, 7) is 0. The van der Waals surface area contributed by atoms with Crippen LogP contribution in [0.3, 0.4) is 0 Å². The van der Waals surface area contributed by atoms with Crippen LogP contribution in [0, 0.1) is 5.82 Å². The average molecular weight is 145 g/mol. The smallest absolute Gasteiger partial charge is 0.124 e. The molecule has 1 nitrogen and oxygen atoms in total. The third kappa shape index (κ3) is 1.33. The van der Waals surface area contributed by atoms with Gasteiger partial charge < -0.3 is 0 Å². The zero-order chi connectivity index (χ0) is 6.85. The summed E-state index contributed by atoms with van der Waals surface area (Å²) in [7, 11) is 0. The van der Waals surface area contributed by atoms with Gasteiger partial charge in [-0.15, -0.1) is 0 Å². The van der Waals surface area contributed by atoms with Crippen LogP contribution in [0.1, 0.15) is 0 Å². The number of rotatable bonds is 0. The van der Waals surface area contributed by atoms with Gasteiger partial charge in [0.05, 0.1) is 10.7 Å². The fourth-order valence-corrected chi connectivity index (χ4v) is 0.657. The van der Waals surface area contributed by atoms with E-state index in [-0.39, 0.29) is 10.7 Å². The molecule has 1 aromatic carbocycles. The van der Waals surface area contributed by atoms with Crippen LogP contribution in [0.2, 0.25) is 5.02 Å². The van der Waals surface area contributed by atoms with E-state index in [4.69, 9.17) is 17.3 Å². The molecule has 0 aromatic heterocycles. The van der Waals surface area contributed by atoms with Crippen LogP contribution in [-0.4, -0.2) is 0 Å². The van der Waals surface area contributed by atoms with Crippen molar-refractivity contribution in [3.05, 3.63) is 29.0 Å². The molecule has 0 spiro atoms. The van der Waals surface area contributed by atoms with Crippen molar-refractivity contribution in [3.8, 4) is 0 Å². The van der Waals surface area contributed by atoms with Crippen molar-refractivity contribution in [2.45, 2.75) is 0 Å². The lowest BCUT2D eigenvalue weighted by molar-refractivity contribution is 0.628. The highest BCUT2D eigenvalue weighted by Gasteiger charge is 1.95. The Hall–Kier alpha value is -0.760. The minimum absolute atomic E-state index is 0.148. The first-order valence-corrected chi connectivity index (χ1v) is 2.74. The molecule has 0 unspecified atom stereocenters. The first-order valence-electron chi connectivity index (χ1n) is 2.37. The number of hydrogen-bond acceptors (Lipinski definition) is 0. The second-order valence-electron chi connectivity index (χ2n) is 1.62. The van der Waals surface area contributed by atoms with Gasteiger partial charge in [-0.3, -0.25) is 5.73 Å². The third-order valence-electron chi connectivity index (χ3n) is 0.931. The molecule has 0 aliphatic rings. The zero-order valence-corrected chi connectivity index (χ0v) is 5.24. The molecule has 1 aromatic rings. The highest BCUT2D eigenvalue weighted by molar-refractivity contribution is 6.32. The summed E-state index contributed by atoms with van der Waals surface area (Å²) in [6, 6.07) is 3.63. The lowest BCUT2D eigenvalue weighted by atomic mass is 10.3. The molecule has 0 amide bonds. The number of benzene rings is 1. The van der Waals surface area contributed by atoms with Gasteiger partial charge in [-0.25, -0.2) is 4.39 Å². The molecule has 1 radical (unpaired) electrons. The normalized spacial score (nSPS) is 9.56. The quantitative estimate of drug-likeness (QED) is 0.534. The van der Waals surface area contributed by atoms with Crippen LogP contribution in [0.4, 0.5) is 10.1 Å². The molecular formula is C6H4ClFN. The topological polar surface area (TPSA) is 23.8 Å². The van der Waals surface area contributed by atoms with Gasteiger partial charge in [0, 0.05) is 0 Å². The van der Waals surface area contributed by atoms with Crippen LogP contribution in [0.25, 0.3) is 0 Å². The average Bonchev–Trinajstić information content (AvgIpc) is 1.80. The SMILES string of the molecule is [NH]c1ccc(F)cc1Cl. The molecule has 0 bridgehead atoms. The predicted molar refractivity (Wildman–Crippen MR) is 34.2 cm³/mol. The van der Waals surface area contributed by atoms with Gasteiger partial charge in [0.2, 0.25) is 0 Å². The Kier molecular flexibility index (Phi) is 1.58. The van der Waals surface area contributed by atoms with Crippen LogP contribution < -0.4 is 5.73 Å². The van der Waals surface area contributed by atoms with E-state index in [1.54, 1.807) is 0 Å². The largest absolute Gasteiger partial charge is 0.299 e. The van der Waals surface area contributed by atoms with Gasteiger partial charge in [0.25, 0.3) is 0 Å². The predicted octanol–water partition coefficient (Wildman–Crippen LogP) is 2.39. The molecule has 0 heterocycles. The summed E-state index contributed by atoms with van der Waals surface area (Å²) in [5, 5.41) is 0.148. The molecular weight excluding hydrogens is 141 g/mol. The van der Waals surface area contributed by atoms with E-state index in [1.807, 2.05) is 0 Å². The van der Waals surface area contributed by atoms with Crippen LogP contribution in [-0.2, 0) is 0 Å². The van der Waals surface area contributed by atoms with Gasteiger partial charge in [-0.1, -0.05) is 11.6 Å². The maximum Gasteiger partial charge on any atom is 0.124 e. The summed E-state index contributed by atoms with van der Waals surface area (Å²) in [6.07, 6.45) is 0. The first-order chi connectivity index (χ1) is 4.20. The number of nitrogens with one attached hydrogen (secondary N) is 1. The Bertz CT molecular complexity index is 224. The molecule has 0 fully saturated rings. The van der Waals surface area contributed by atoms with Gasteiger partial charge in [-0.05, 0) is 18.2 Å². The highest BCUT2D eigenvalue weighted by atomic mass is 35.5. The van der Waals surface area contributed by atoms with Crippen molar-refractivity contribution in [2.24, 2.45) is 0 Å². The molecule has 1 N–H and O–H groups in total. The molecule has 0 saturated heterocycles. The van der Waals surface area contributed by atoms with E-state index in [0.717, 1.165) is 6.07 Å². The fourth-order valence-electron chi connectivity index (χ4n) is 0.489. The van der Waals surface area contributed by atoms with E-state index in [9.17, 15) is 4.39 Å². The maximum atomic E-state index is 12.2. The molecule has 0 aliphatic heterocycles. The van der Waals surface area contributed by atoms with Gasteiger partial charge in [0.15, 0.2) is 0 Å². The van der Waals surface area contributed by atoms with E-state index in [0.29, 0.717) is 0 Å². The summed E-state index contributed by atoms with van der Waals surface area (Å²) in [5.74, 6) is -0.406. The van der Waals surface area contributed by atoms with Crippen molar-refractivity contribution >= 4 is 17.3 Å². The van der Waals surface area contributed by atoms with E-state index < -0.39 is 5.82 Å². The van der Waals surface area contributed by atoms with E-state index in [1.165, 1.54) is 12.1 Å². The van der Waals surface area contributed by atoms with E-state index in [2.05, 4.69) is 0 Å². The summed E-state index contributed by atoms with van der Waals surface area (Å²) >= 11 is 5.39. The lowest BCUT2D eigenvalue weighted by Gasteiger charge is -1.92. The van der Waals surface area contributed by atoms with Gasteiger partial charge >= 0.3 is 0 Å². The summed E-state index contributed by atoms with van der Waals surface area (Å²) < 4.78 is 12.2. The lowest BCUT2D eigenvalue weighted by Crippen LogP contribution is -1.74. The third-order valence-corrected chi connectivity index (χ3v) is 1.24. The Morgan fingerprint density at radius 2 is 2.11 bits per heavy atom. The first kappa shape index (κ1) is 6.36. The van der Waals surface area contributed by atoms with Crippen molar-refractivity contribution in [3.63, 3.8) is 0 Å². The molecule has 3 heteroatoms. The maximum absolute atomic E-state index is 12.2. The van der Waals surface area contributed by atoms with Crippen molar-refractivity contribution < 1.29 is 4.39 Å². The molecule has 9 heavy (non-hydrogen) atoms. The van der Waals surface area contributed by atoms with Crippen molar-refractivity contribution in [2.75, 3.05) is 0 Å². The minimum Gasteiger partial charge on any atom is -0.299 e. The molecule has 0 atom stereocenters. The van der Waals surface area contributed by atoms with Crippen LogP contribution in [0.5, 0.6) is 0 Å². The van der Waals surface area contributed by atoms with Gasteiger partial charge in [-0.2, -0.15) is 0 Å². The van der Waals surface area contributed by atoms with Crippen molar-refractivity contribution in [1.82, 2.24) is 5.73 Å². The fraction of sp³-hybridized carbons (Fsp3) is 0. The minimum atomic E-state index is -0.406. The number of halogens is 2. The molecule has 1 rings (SSSR count).